The molecule has 0 saturated heterocycles. The zero-order chi connectivity index (χ0) is 29.7. The lowest BCUT2D eigenvalue weighted by Crippen LogP contribution is -2.34. The van der Waals surface area contributed by atoms with Crippen LogP contribution >= 0.6 is 0 Å². The van der Waals surface area contributed by atoms with E-state index in [-0.39, 0.29) is 17.4 Å². The summed E-state index contributed by atoms with van der Waals surface area (Å²) in [5.74, 6) is 0.288. The monoisotopic (exact) mass is 543 g/mol. The fourth-order valence-corrected chi connectivity index (χ4v) is 5.27. The number of nitrogens with zero attached hydrogens (tertiary/aromatic N) is 1. The molecule has 1 unspecified atom stereocenters. The second kappa shape index (κ2) is 12.8. The third kappa shape index (κ3) is 7.06. The number of dihydropyridines is 1. The smallest absolute Gasteiger partial charge is 0.416 e. The summed E-state index contributed by atoms with van der Waals surface area (Å²) in [6.07, 6.45) is -1.02. The summed E-state index contributed by atoms with van der Waals surface area (Å²) in [6.45, 7) is 27.0. The highest BCUT2D eigenvalue weighted by molar-refractivity contribution is 5.69. The van der Waals surface area contributed by atoms with Crippen LogP contribution in [0.1, 0.15) is 92.2 Å². The van der Waals surface area contributed by atoms with Crippen molar-refractivity contribution in [3.8, 4) is 11.3 Å². The van der Waals surface area contributed by atoms with Crippen LogP contribution in [0.4, 0.5) is 13.2 Å². The topological polar surface area (TPSA) is 49.9 Å². The Morgan fingerprint density at radius 2 is 1.67 bits per heavy atom. The first-order chi connectivity index (χ1) is 18.3. The fourth-order valence-electron chi connectivity index (χ4n) is 5.27. The van der Waals surface area contributed by atoms with Crippen molar-refractivity contribution in [2.75, 3.05) is 0 Å². The van der Waals surface area contributed by atoms with Gasteiger partial charge < -0.3 is 10.1 Å². The minimum Gasteiger partial charge on any atom is -0.491 e. The number of alkyl halides is 3. The number of H-pyrrole nitrogens is 1. The Bertz CT molecular complexity index is 1230. The van der Waals surface area contributed by atoms with Crippen molar-refractivity contribution in [1.29, 1.82) is 0 Å². The van der Waals surface area contributed by atoms with Gasteiger partial charge >= 0.3 is 6.18 Å². The summed E-state index contributed by atoms with van der Waals surface area (Å²) in [4.78, 5) is 0. The molecule has 1 aliphatic heterocycles. The van der Waals surface area contributed by atoms with Crippen LogP contribution in [-0.4, -0.2) is 16.3 Å². The van der Waals surface area contributed by atoms with E-state index in [1.165, 1.54) is 12.1 Å². The molecule has 1 atom stereocenters. The summed E-state index contributed by atoms with van der Waals surface area (Å²) in [7, 11) is 0. The molecule has 2 aliphatic rings. The van der Waals surface area contributed by atoms with E-state index in [4.69, 9.17) is 4.74 Å². The molecule has 0 amide bonds. The Balaban J connectivity index is 0.00000127. The molecule has 0 spiro atoms. The van der Waals surface area contributed by atoms with Gasteiger partial charge in [0.2, 0.25) is 0 Å². The molecular formula is C32H44F3N3O. The van der Waals surface area contributed by atoms with E-state index in [2.05, 4.69) is 42.5 Å². The van der Waals surface area contributed by atoms with Gasteiger partial charge in [-0.3, -0.25) is 5.10 Å². The van der Waals surface area contributed by atoms with Crippen LogP contribution in [0.3, 0.4) is 0 Å². The van der Waals surface area contributed by atoms with Crippen molar-refractivity contribution >= 4 is 0 Å². The van der Waals surface area contributed by atoms with Crippen molar-refractivity contribution < 1.29 is 17.9 Å². The Hall–Kier alpha value is -3.22. The number of aromatic nitrogens is 2. The Labute approximate surface area is 232 Å². The highest BCUT2D eigenvalue weighted by Gasteiger charge is 2.41. The van der Waals surface area contributed by atoms with Gasteiger partial charge in [0, 0.05) is 28.4 Å². The lowest BCUT2D eigenvalue weighted by Gasteiger charge is -2.42. The van der Waals surface area contributed by atoms with Gasteiger partial charge in [-0.1, -0.05) is 66.8 Å². The van der Waals surface area contributed by atoms with Gasteiger partial charge in [-0.15, -0.1) is 0 Å². The summed E-state index contributed by atoms with van der Waals surface area (Å²) in [5, 5.41) is 10.9. The van der Waals surface area contributed by atoms with Crippen LogP contribution in [0, 0.1) is 5.41 Å². The number of rotatable bonds is 5. The van der Waals surface area contributed by atoms with E-state index >= 15 is 0 Å². The van der Waals surface area contributed by atoms with Gasteiger partial charge in [0.05, 0.1) is 23.6 Å². The van der Waals surface area contributed by atoms with Crippen molar-refractivity contribution in [3.63, 3.8) is 0 Å². The number of allylic oxidation sites excluding steroid dienone is 5. The number of aromatic amines is 1. The number of hydrogen-bond donors (Lipinski definition) is 2. The zero-order valence-corrected chi connectivity index (χ0v) is 24.9. The second-order valence-electron chi connectivity index (χ2n) is 10.5. The summed E-state index contributed by atoms with van der Waals surface area (Å²) >= 11 is 0. The predicted octanol–water partition coefficient (Wildman–Crippen LogP) is 9.68. The van der Waals surface area contributed by atoms with E-state index in [1.807, 2.05) is 48.5 Å². The standard InChI is InChI=1S/C28H32F3N3O.2C2H6/c1-15(2)35-18(5)24-17(4)33-22-13-27(6,7)12-16(3)23(22)25(24)21-14-32-34-26(21)19-8-10-20(11-9-19)28(29,30)31;2*1-2/h8-11,14-15,25,33H,3,5,12-13H2,1-2,4,6-7H3,(H,32,34);2*1-2H3. The number of halogens is 3. The Kier molecular flexibility index (Phi) is 10.5. The van der Waals surface area contributed by atoms with Gasteiger partial charge in [-0.25, -0.2) is 0 Å². The predicted molar refractivity (Wildman–Crippen MR) is 155 cm³/mol. The number of benzene rings is 1. The minimum atomic E-state index is -4.39. The van der Waals surface area contributed by atoms with Gasteiger partial charge in [0.1, 0.15) is 5.76 Å². The third-order valence-electron chi connectivity index (χ3n) is 6.53. The molecule has 1 aromatic carbocycles. The lowest BCUT2D eigenvalue weighted by molar-refractivity contribution is -0.137. The van der Waals surface area contributed by atoms with Crippen LogP contribution < -0.4 is 5.32 Å². The molecule has 1 aliphatic carbocycles. The van der Waals surface area contributed by atoms with Crippen LogP contribution in [0.5, 0.6) is 0 Å². The molecule has 2 heterocycles. The van der Waals surface area contributed by atoms with E-state index in [9.17, 15) is 13.2 Å². The Morgan fingerprint density at radius 3 is 2.21 bits per heavy atom. The third-order valence-corrected chi connectivity index (χ3v) is 6.53. The van der Waals surface area contributed by atoms with Crippen LogP contribution in [-0.2, 0) is 10.9 Å². The molecule has 0 radical (unpaired) electrons. The second-order valence-corrected chi connectivity index (χ2v) is 10.5. The van der Waals surface area contributed by atoms with Gasteiger partial charge in [-0.05, 0) is 67.9 Å². The van der Waals surface area contributed by atoms with E-state index in [1.54, 1.807) is 6.20 Å². The average molecular weight is 544 g/mol. The molecular weight excluding hydrogens is 499 g/mol. The molecule has 214 valence electrons. The maximum atomic E-state index is 13.1. The molecule has 2 aromatic rings. The molecule has 0 fully saturated rings. The quantitative estimate of drug-likeness (QED) is 0.369. The van der Waals surface area contributed by atoms with Crippen LogP contribution in [0.15, 0.2) is 77.5 Å². The molecule has 39 heavy (non-hydrogen) atoms. The molecule has 0 bridgehead atoms. The number of hydrogen-bond acceptors (Lipinski definition) is 3. The highest BCUT2D eigenvalue weighted by Crippen LogP contribution is 2.52. The average Bonchev–Trinajstić information content (AvgIpc) is 3.33. The van der Waals surface area contributed by atoms with Gasteiger partial charge in [-0.2, -0.15) is 18.3 Å². The van der Waals surface area contributed by atoms with E-state index in [0.717, 1.165) is 58.7 Å². The summed E-state index contributed by atoms with van der Waals surface area (Å²) in [5.41, 5.74) is 6.55. The lowest BCUT2D eigenvalue weighted by atomic mass is 9.67. The van der Waals surface area contributed by atoms with Gasteiger partial charge in [0.15, 0.2) is 0 Å². The minimum absolute atomic E-state index is 0.0589. The largest absolute Gasteiger partial charge is 0.491 e. The maximum absolute atomic E-state index is 13.1. The number of nitrogens with one attached hydrogen (secondary N) is 2. The molecule has 1 aromatic heterocycles. The zero-order valence-electron chi connectivity index (χ0n) is 24.9. The van der Waals surface area contributed by atoms with Crippen molar-refractivity contribution in [2.24, 2.45) is 5.41 Å². The van der Waals surface area contributed by atoms with E-state index < -0.39 is 11.7 Å². The molecule has 4 nitrogen and oxygen atoms in total. The van der Waals surface area contributed by atoms with Crippen molar-refractivity contribution in [2.45, 2.75) is 93.4 Å². The normalized spacial score (nSPS) is 18.4. The molecule has 2 N–H and O–H groups in total. The highest BCUT2D eigenvalue weighted by atomic mass is 19.4. The van der Waals surface area contributed by atoms with Crippen molar-refractivity contribution in [3.05, 3.63) is 88.6 Å². The summed E-state index contributed by atoms with van der Waals surface area (Å²) in [6, 6.07) is 5.14. The molecule has 0 saturated carbocycles. The fraction of sp³-hybridized carbons (Fsp3) is 0.469. The van der Waals surface area contributed by atoms with Crippen LogP contribution in [0.2, 0.25) is 0 Å². The first-order valence-corrected chi connectivity index (χ1v) is 13.7. The van der Waals surface area contributed by atoms with E-state index in [0.29, 0.717) is 17.0 Å². The first kappa shape index (κ1) is 32.0. The van der Waals surface area contributed by atoms with Gasteiger partial charge in [0.25, 0.3) is 0 Å². The summed E-state index contributed by atoms with van der Waals surface area (Å²) < 4.78 is 45.5. The molecule has 7 heteroatoms. The molecule has 4 rings (SSSR count). The number of ether oxygens (including phenoxy) is 1. The SMILES string of the molecule is C=C1CC(C)(C)CC2=C1C(c1cn[nH]c1-c1ccc(C(F)(F)F)cc1)C(C(=C)OC(C)C)=C(C)N2.CC.CC. The Morgan fingerprint density at radius 1 is 1.08 bits per heavy atom. The maximum Gasteiger partial charge on any atom is 0.416 e. The van der Waals surface area contributed by atoms with Crippen molar-refractivity contribution in [1.82, 2.24) is 15.5 Å². The van der Waals surface area contributed by atoms with Crippen LogP contribution in [0.25, 0.3) is 11.3 Å². The first-order valence-electron chi connectivity index (χ1n) is 13.7.